The fourth-order valence-electron chi connectivity index (χ4n) is 1.10. The Morgan fingerprint density at radius 1 is 1.19 bits per heavy atom. The molecule has 0 unspecified atom stereocenters. The summed E-state index contributed by atoms with van der Waals surface area (Å²) in [6.45, 7) is 4.87. The second-order valence-corrected chi connectivity index (χ2v) is 4.39. The summed E-state index contributed by atoms with van der Waals surface area (Å²) in [6.07, 6.45) is 0.190. The van der Waals surface area contributed by atoms with Crippen LogP contribution in [0.25, 0.3) is 0 Å². The number of hydrogen-bond donors (Lipinski definition) is 1. The molecule has 0 aliphatic carbocycles. The van der Waals surface area contributed by atoms with Crippen LogP contribution in [0.2, 0.25) is 10.0 Å². The highest BCUT2D eigenvalue weighted by Gasteiger charge is 2.06. The highest BCUT2D eigenvalue weighted by atomic mass is 35.5. The van der Waals surface area contributed by atoms with Gasteiger partial charge in [0.1, 0.15) is 12.4 Å². The lowest BCUT2D eigenvalue weighted by molar-refractivity contribution is 0.0554. The van der Waals surface area contributed by atoms with Gasteiger partial charge in [0.15, 0.2) is 0 Å². The van der Waals surface area contributed by atoms with Gasteiger partial charge in [0, 0.05) is 6.07 Å². The summed E-state index contributed by atoms with van der Waals surface area (Å²) in [5, 5.41) is 0.848. The molecule has 3 nitrogen and oxygen atoms in total. The van der Waals surface area contributed by atoms with Gasteiger partial charge in [-0.15, -0.1) is 0 Å². The monoisotopic (exact) mass is 263 g/mol. The minimum atomic E-state index is 0.190. The van der Waals surface area contributed by atoms with Gasteiger partial charge in [0.05, 0.1) is 28.4 Å². The third-order valence-corrected chi connectivity index (χ3v) is 2.57. The summed E-state index contributed by atoms with van der Waals surface area (Å²) in [5.41, 5.74) is 6.19. The zero-order valence-corrected chi connectivity index (χ0v) is 10.8. The van der Waals surface area contributed by atoms with Crippen LogP contribution in [0, 0.1) is 0 Å². The molecule has 2 N–H and O–H groups in total. The van der Waals surface area contributed by atoms with Crippen molar-refractivity contribution in [3.8, 4) is 5.75 Å². The minimum Gasteiger partial charge on any atom is -0.489 e. The number of halogens is 2. The van der Waals surface area contributed by atoms with Crippen molar-refractivity contribution >= 4 is 28.9 Å². The van der Waals surface area contributed by atoms with Crippen LogP contribution in [-0.2, 0) is 4.74 Å². The number of hydrogen-bond acceptors (Lipinski definition) is 3. The largest absolute Gasteiger partial charge is 0.489 e. The summed E-state index contributed by atoms with van der Waals surface area (Å²) in [4.78, 5) is 0. The van der Waals surface area contributed by atoms with Crippen LogP contribution in [0.4, 0.5) is 5.69 Å². The van der Waals surface area contributed by atoms with E-state index in [-0.39, 0.29) is 6.10 Å². The maximum absolute atomic E-state index is 5.85. The molecule has 1 rings (SSSR count). The molecule has 0 saturated heterocycles. The Kier molecular flexibility index (Phi) is 5.19. The second-order valence-electron chi connectivity index (χ2n) is 3.57. The van der Waals surface area contributed by atoms with Gasteiger partial charge in [-0.2, -0.15) is 0 Å². The van der Waals surface area contributed by atoms with Crippen LogP contribution in [0.3, 0.4) is 0 Å². The molecule has 1 aromatic carbocycles. The van der Waals surface area contributed by atoms with Crippen LogP contribution in [0.1, 0.15) is 13.8 Å². The zero-order valence-electron chi connectivity index (χ0n) is 9.30. The summed E-state index contributed by atoms with van der Waals surface area (Å²) in [7, 11) is 0. The van der Waals surface area contributed by atoms with Gasteiger partial charge in [0.25, 0.3) is 0 Å². The van der Waals surface area contributed by atoms with Gasteiger partial charge in [0.2, 0.25) is 0 Å². The number of benzene rings is 1. The first-order valence-corrected chi connectivity index (χ1v) is 5.75. The van der Waals surface area contributed by atoms with E-state index in [0.29, 0.717) is 34.7 Å². The standard InChI is InChI=1S/C11H15Cl2NO2/c1-7(2)15-3-4-16-11-6-9(13)8(12)5-10(11)14/h5-7H,3-4,14H2,1-2H3. The van der Waals surface area contributed by atoms with Crippen molar-refractivity contribution < 1.29 is 9.47 Å². The summed E-state index contributed by atoms with van der Waals surface area (Å²) >= 11 is 11.6. The Morgan fingerprint density at radius 2 is 1.81 bits per heavy atom. The Bertz CT molecular complexity index is 356. The van der Waals surface area contributed by atoms with Crippen LogP contribution in [0.15, 0.2) is 12.1 Å². The Labute approximate surface area is 105 Å². The van der Waals surface area contributed by atoms with Crippen molar-refractivity contribution in [1.82, 2.24) is 0 Å². The molecule has 90 valence electrons. The predicted octanol–water partition coefficient (Wildman–Crippen LogP) is 3.38. The Morgan fingerprint density at radius 3 is 2.44 bits per heavy atom. The van der Waals surface area contributed by atoms with Gasteiger partial charge in [-0.3, -0.25) is 0 Å². The predicted molar refractivity (Wildman–Crippen MR) is 67.5 cm³/mol. The van der Waals surface area contributed by atoms with Crippen LogP contribution < -0.4 is 10.5 Å². The Hall–Kier alpha value is -0.640. The van der Waals surface area contributed by atoms with Crippen molar-refractivity contribution in [1.29, 1.82) is 0 Å². The lowest BCUT2D eigenvalue weighted by Crippen LogP contribution is -2.11. The van der Waals surface area contributed by atoms with Crippen molar-refractivity contribution in [2.75, 3.05) is 18.9 Å². The van der Waals surface area contributed by atoms with Gasteiger partial charge >= 0.3 is 0 Å². The van der Waals surface area contributed by atoms with E-state index in [4.69, 9.17) is 38.4 Å². The average molecular weight is 264 g/mol. The fourth-order valence-corrected chi connectivity index (χ4v) is 1.43. The summed E-state index contributed by atoms with van der Waals surface area (Å²) in [5.74, 6) is 0.529. The summed E-state index contributed by atoms with van der Waals surface area (Å²) in [6, 6.07) is 3.18. The van der Waals surface area contributed by atoms with E-state index in [1.165, 1.54) is 0 Å². The van der Waals surface area contributed by atoms with E-state index in [2.05, 4.69) is 0 Å². The molecular weight excluding hydrogens is 249 g/mol. The normalized spacial score (nSPS) is 10.8. The maximum Gasteiger partial charge on any atom is 0.143 e. The van der Waals surface area contributed by atoms with Gasteiger partial charge in [-0.05, 0) is 19.9 Å². The molecule has 0 aromatic heterocycles. The molecule has 0 saturated carbocycles. The van der Waals surface area contributed by atoms with Crippen LogP contribution >= 0.6 is 23.2 Å². The van der Waals surface area contributed by atoms with E-state index in [9.17, 15) is 0 Å². The van der Waals surface area contributed by atoms with Crippen molar-refractivity contribution in [3.63, 3.8) is 0 Å². The molecule has 0 fully saturated rings. The van der Waals surface area contributed by atoms with E-state index in [0.717, 1.165) is 0 Å². The molecule has 16 heavy (non-hydrogen) atoms. The molecule has 0 aliphatic heterocycles. The first-order chi connectivity index (χ1) is 7.50. The summed E-state index contributed by atoms with van der Waals surface area (Å²) < 4.78 is 10.8. The third kappa shape index (κ3) is 4.08. The number of rotatable bonds is 5. The Balaban J connectivity index is 2.51. The molecule has 0 spiro atoms. The lowest BCUT2D eigenvalue weighted by atomic mass is 10.3. The van der Waals surface area contributed by atoms with E-state index in [1.807, 2.05) is 13.8 Å². The maximum atomic E-state index is 5.85. The molecule has 1 aromatic rings. The number of nitrogens with two attached hydrogens (primary N) is 1. The van der Waals surface area contributed by atoms with E-state index < -0.39 is 0 Å². The number of anilines is 1. The third-order valence-electron chi connectivity index (χ3n) is 1.84. The average Bonchev–Trinajstić information content (AvgIpc) is 2.19. The molecular formula is C11H15Cl2NO2. The quantitative estimate of drug-likeness (QED) is 0.655. The topological polar surface area (TPSA) is 44.5 Å². The first-order valence-electron chi connectivity index (χ1n) is 4.99. The molecule has 0 radical (unpaired) electrons. The lowest BCUT2D eigenvalue weighted by Gasteiger charge is -2.11. The smallest absolute Gasteiger partial charge is 0.143 e. The molecule has 0 amide bonds. The molecule has 0 heterocycles. The molecule has 0 bridgehead atoms. The number of nitrogen functional groups attached to an aromatic ring is 1. The van der Waals surface area contributed by atoms with Crippen LogP contribution in [0.5, 0.6) is 5.75 Å². The highest BCUT2D eigenvalue weighted by Crippen LogP contribution is 2.32. The van der Waals surface area contributed by atoms with Gasteiger partial charge in [-0.1, -0.05) is 23.2 Å². The van der Waals surface area contributed by atoms with E-state index >= 15 is 0 Å². The molecule has 0 aliphatic rings. The van der Waals surface area contributed by atoms with E-state index in [1.54, 1.807) is 12.1 Å². The van der Waals surface area contributed by atoms with Crippen molar-refractivity contribution in [3.05, 3.63) is 22.2 Å². The zero-order chi connectivity index (χ0) is 12.1. The van der Waals surface area contributed by atoms with Crippen LogP contribution in [-0.4, -0.2) is 19.3 Å². The minimum absolute atomic E-state index is 0.190. The van der Waals surface area contributed by atoms with Crippen molar-refractivity contribution in [2.45, 2.75) is 20.0 Å². The van der Waals surface area contributed by atoms with Gasteiger partial charge < -0.3 is 15.2 Å². The van der Waals surface area contributed by atoms with Gasteiger partial charge in [-0.25, -0.2) is 0 Å². The van der Waals surface area contributed by atoms with Crippen molar-refractivity contribution in [2.24, 2.45) is 0 Å². The first kappa shape index (κ1) is 13.4. The number of ether oxygens (including phenoxy) is 2. The molecule has 5 heteroatoms. The molecule has 0 atom stereocenters. The second kappa shape index (κ2) is 6.18. The SMILES string of the molecule is CC(C)OCCOc1cc(Cl)c(Cl)cc1N. The fraction of sp³-hybridized carbons (Fsp3) is 0.455. The highest BCUT2D eigenvalue weighted by molar-refractivity contribution is 6.42.